The number of nitriles is 1. The first-order chi connectivity index (χ1) is 7.08. The minimum atomic E-state index is -0.0211. The van der Waals surface area contributed by atoms with E-state index in [1.165, 1.54) is 7.11 Å². The highest BCUT2D eigenvalue weighted by Gasteiger charge is 2.13. The maximum atomic E-state index is 8.93. The van der Waals surface area contributed by atoms with Gasteiger partial charge in [-0.05, 0) is 19.9 Å². The van der Waals surface area contributed by atoms with E-state index in [4.69, 9.17) is 26.3 Å². The number of halogens is 1. The van der Waals surface area contributed by atoms with Crippen LogP contribution in [-0.4, -0.2) is 13.2 Å². The van der Waals surface area contributed by atoms with Crippen LogP contribution in [0.25, 0.3) is 0 Å². The number of benzene rings is 1. The molecular weight excluding hydrogens is 214 g/mol. The van der Waals surface area contributed by atoms with Crippen molar-refractivity contribution in [1.82, 2.24) is 0 Å². The average molecular weight is 226 g/mol. The molecule has 15 heavy (non-hydrogen) atoms. The summed E-state index contributed by atoms with van der Waals surface area (Å²) < 4.78 is 10.6. The minimum absolute atomic E-state index is 0.0211. The van der Waals surface area contributed by atoms with Gasteiger partial charge < -0.3 is 9.47 Å². The molecule has 0 spiro atoms. The lowest BCUT2D eigenvalue weighted by atomic mass is 10.2. The van der Waals surface area contributed by atoms with Gasteiger partial charge >= 0.3 is 0 Å². The lowest BCUT2D eigenvalue weighted by Gasteiger charge is -2.14. The van der Waals surface area contributed by atoms with Crippen molar-refractivity contribution in [1.29, 1.82) is 5.26 Å². The molecule has 0 aliphatic heterocycles. The predicted octanol–water partition coefficient (Wildman–Crippen LogP) is 3.01. The van der Waals surface area contributed by atoms with Gasteiger partial charge in [-0.1, -0.05) is 11.6 Å². The molecule has 0 amide bonds. The Morgan fingerprint density at radius 1 is 1.40 bits per heavy atom. The smallest absolute Gasteiger partial charge is 0.179 e. The van der Waals surface area contributed by atoms with Gasteiger partial charge in [-0.15, -0.1) is 0 Å². The van der Waals surface area contributed by atoms with Crippen LogP contribution in [0.1, 0.15) is 19.4 Å². The highest BCUT2D eigenvalue weighted by molar-refractivity contribution is 6.30. The predicted molar refractivity (Wildman–Crippen MR) is 58.5 cm³/mol. The van der Waals surface area contributed by atoms with Crippen LogP contribution in [0.4, 0.5) is 0 Å². The van der Waals surface area contributed by atoms with Gasteiger partial charge in [0.15, 0.2) is 11.5 Å². The van der Waals surface area contributed by atoms with Crippen LogP contribution >= 0.6 is 11.6 Å². The molecule has 0 heterocycles. The summed E-state index contributed by atoms with van der Waals surface area (Å²) in [6, 6.07) is 5.21. The van der Waals surface area contributed by atoms with Gasteiger partial charge in [0.1, 0.15) is 6.07 Å². The third-order valence-electron chi connectivity index (χ3n) is 1.71. The molecule has 0 atom stereocenters. The summed E-state index contributed by atoms with van der Waals surface area (Å²) in [6.45, 7) is 3.77. The third kappa shape index (κ3) is 2.77. The zero-order valence-corrected chi connectivity index (χ0v) is 9.63. The maximum Gasteiger partial charge on any atom is 0.179 e. The van der Waals surface area contributed by atoms with Crippen molar-refractivity contribution in [2.75, 3.05) is 7.11 Å². The topological polar surface area (TPSA) is 42.2 Å². The number of methoxy groups -OCH3 is 1. The first-order valence-corrected chi connectivity index (χ1v) is 4.90. The summed E-state index contributed by atoms with van der Waals surface area (Å²) >= 11 is 5.83. The van der Waals surface area contributed by atoms with Crippen LogP contribution in [0.3, 0.4) is 0 Å². The normalized spacial score (nSPS) is 9.87. The maximum absolute atomic E-state index is 8.93. The molecule has 0 saturated carbocycles. The van der Waals surface area contributed by atoms with E-state index in [2.05, 4.69) is 0 Å². The number of hydrogen-bond acceptors (Lipinski definition) is 3. The summed E-state index contributed by atoms with van der Waals surface area (Å²) in [5.41, 5.74) is 0.382. The van der Waals surface area contributed by atoms with Crippen LogP contribution < -0.4 is 9.47 Å². The highest BCUT2D eigenvalue weighted by Crippen LogP contribution is 2.34. The average Bonchev–Trinajstić information content (AvgIpc) is 2.19. The van der Waals surface area contributed by atoms with E-state index in [-0.39, 0.29) is 6.10 Å². The lowest BCUT2D eigenvalue weighted by Crippen LogP contribution is -2.08. The van der Waals surface area contributed by atoms with E-state index in [0.29, 0.717) is 22.1 Å². The second kappa shape index (κ2) is 4.90. The summed E-state index contributed by atoms with van der Waals surface area (Å²) in [5, 5.41) is 9.39. The Kier molecular flexibility index (Phi) is 3.81. The molecule has 1 aromatic carbocycles. The number of rotatable bonds is 3. The van der Waals surface area contributed by atoms with Crippen LogP contribution in [0, 0.1) is 11.3 Å². The van der Waals surface area contributed by atoms with Crippen LogP contribution in [0.15, 0.2) is 12.1 Å². The molecule has 0 bridgehead atoms. The fourth-order valence-corrected chi connectivity index (χ4v) is 1.37. The molecule has 0 unspecified atom stereocenters. The molecule has 0 N–H and O–H groups in total. The zero-order valence-electron chi connectivity index (χ0n) is 8.87. The second-order valence-corrected chi connectivity index (χ2v) is 3.70. The molecule has 3 nitrogen and oxygen atoms in total. The Labute approximate surface area is 94.2 Å². The quantitative estimate of drug-likeness (QED) is 0.794. The number of nitrogens with zero attached hydrogens (tertiary/aromatic N) is 1. The van der Waals surface area contributed by atoms with Crippen LogP contribution in [-0.2, 0) is 0 Å². The van der Waals surface area contributed by atoms with Gasteiger partial charge in [0.05, 0.1) is 18.8 Å². The Morgan fingerprint density at radius 3 is 2.53 bits per heavy atom. The summed E-state index contributed by atoms with van der Waals surface area (Å²) in [4.78, 5) is 0. The van der Waals surface area contributed by atoms with E-state index in [1.54, 1.807) is 12.1 Å². The van der Waals surface area contributed by atoms with Gasteiger partial charge in [0.25, 0.3) is 0 Å². The van der Waals surface area contributed by atoms with Gasteiger partial charge in [-0.3, -0.25) is 0 Å². The largest absolute Gasteiger partial charge is 0.493 e. The Hall–Kier alpha value is -1.40. The minimum Gasteiger partial charge on any atom is -0.493 e. The highest BCUT2D eigenvalue weighted by atomic mass is 35.5. The summed E-state index contributed by atoms with van der Waals surface area (Å²) in [5.74, 6) is 0.923. The van der Waals surface area contributed by atoms with E-state index in [1.807, 2.05) is 19.9 Å². The van der Waals surface area contributed by atoms with Gasteiger partial charge in [0, 0.05) is 11.1 Å². The van der Waals surface area contributed by atoms with Crippen molar-refractivity contribution in [3.05, 3.63) is 22.7 Å². The second-order valence-electron chi connectivity index (χ2n) is 3.26. The molecule has 0 aromatic heterocycles. The van der Waals surface area contributed by atoms with E-state index in [9.17, 15) is 0 Å². The first kappa shape index (κ1) is 11.7. The third-order valence-corrected chi connectivity index (χ3v) is 1.93. The molecule has 1 aromatic rings. The molecule has 80 valence electrons. The van der Waals surface area contributed by atoms with Crippen molar-refractivity contribution in [3.63, 3.8) is 0 Å². The van der Waals surface area contributed by atoms with Gasteiger partial charge in [-0.25, -0.2) is 0 Å². The molecule has 4 heteroatoms. The van der Waals surface area contributed by atoms with Gasteiger partial charge in [-0.2, -0.15) is 5.26 Å². The molecular formula is C11H12ClNO2. The number of ether oxygens (including phenoxy) is 2. The monoisotopic (exact) mass is 225 g/mol. The molecule has 0 aliphatic carbocycles. The SMILES string of the molecule is COc1cc(Cl)cc(C#N)c1OC(C)C. The van der Waals surface area contributed by atoms with E-state index in [0.717, 1.165) is 0 Å². The summed E-state index contributed by atoms with van der Waals surface area (Å²) in [6.07, 6.45) is -0.0211. The van der Waals surface area contributed by atoms with E-state index < -0.39 is 0 Å². The Balaban J connectivity index is 3.25. The van der Waals surface area contributed by atoms with Crippen molar-refractivity contribution in [2.45, 2.75) is 20.0 Å². The van der Waals surface area contributed by atoms with Crippen molar-refractivity contribution in [2.24, 2.45) is 0 Å². The Morgan fingerprint density at radius 2 is 2.07 bits per heavy atom. The Bertz CT molecular complexity index is 396. The van der Waals surface area contributed by atoms with Crippen LogP contribution in [0.2, 0.25) is 5.02 Å². The van der Waals surface area contributed by atoms with E-state index >= 15 is 0 Å². The van der Waals surface area contributed by atoms with Crippen molar-refractivity contribution in [3.8, 4) is 17.6 Å². The fourth-order valence-electron chi connectivity index (χ4n) is 1.16. The molecule has 1 rings (SSSR count). The van der Waals surface area contributed by atoms with Gasteiger partial charge in [0.2, 0.25) is 0 Å². The summed E-state index contributed by atoms with van der Waals surface area (Å²) in [7, 11) is 1.51. The van der Waals surface area contributed by atoms with Crippen molar-refractivity contribution < 1.29 is 9.47 Å². The molecule has 0 radical (unpaired) electrons. The first-order valence-electron chi connectivity index (χ1n) is 4.52. The van der Waals surface area contributed by atoms with Crippen molar-refractivity contribution >= 4 is 11.6 Å². The zero-order chi connectivity index (χ0) is 11.4. The molecule has 0 fully saturated rings. The lowest BCUT2D eigenvalue weighted by molar-refractivity contribution is 0.229. The molecule has 0 aliphatic rings. The number of hydrogen-bond donors (Lipinski definition) is 0. The van der Waals surface area contributed by atoms with Crippen LogP contribution in [0.5, 0.6) is 11.5 Å². The fraction of sp³-hybridized carbons (Fsp3) is 0.364. The standard InChI is InChI=1S/C11H12ClNO2/c1-7(2)15-11-8(6-13)4-9(12)5-10(11)14-3/h4-5,7H,1-3H3. The molecule has 0 saturated heterocycles.